The topological polar surface area (TPSA) is 46.3 Å². The highest BCUT2D eigenvalue weighted by molar-refractivity contribution is 5.93. The molecule has 1 saturated carbocycles. The molecule has 0 aromatic heterocycles. The third-order valence-corrected chi connectivity index (χ3v) is 2.79. The van der Waals surface area contributed by atoms with Gasteiger partial charge in [-0.2, -0.15) is 0 Å². The third-order valence-electron chi connectivity index (χ3n) is 2.79. The van der Waals surface area contributed by atoms with Crippen LogP contribution in [0.4, 0.5) is 11.4 Å². The average molecular weight is 204 g/mol. The van der Waals surface area contributed by atoms with Gasteiger partial charge in [0.25, 0.3) is 0 Å². The van der Waals surface area contributed by atoms with Crippen LogP contribution in [0.15, 0.2) is 24.3 Å². The Morgan fingerprint density at radius 3 is 2.87 bits per heavy atom. The van der Waals surface area contributed by atoms with Crippen LogP contribution in [0.25, 0.3) is 0 Å². The van der Waals surface area contributed by atoms with Gasteiger partial charge in [0, 0.05) is 24.8 Å². The van der Waals surface area contributed by atoms with Crippen molar-refractivity contribution in [2.24, 2.45) is 5.92 Å². The number of nitrogens with two attached hydrogens (primary N) is 1. The SMILES string of the molecule is CN(C(=O)CC1CC1)c1cccc(N)c1. The van der Waals surface area contributed by atoms with Crippen LogP contribution in [0, 0.1) is 5.92 Å². The summed E-state index contributed by atoms with van der Waals surface area (Å²) in [6.07, 6.45) is 3.08. The molecule has 2 N–H and O–H groups in total. The number of hydrogen-bond acceptors (Lipinski definition) is 2. The van der Waals surface area contributed by atoms with Crippen LogP contribution in [0.5, 0.6) is 0 Å². The lowest BCUT2D eigenvalue weighted by Crippen LogP contribution is -2.26. The van der Waals surface area contributed by atoms with Crippen LogP contribution in [0.1, 0.15) is 19.3 Å². The van der Waals surface area contributed by atoms with Gasteiger partial charge in [-0.1, -0.05) is 6.07 Å². The quantitative estimate of drug-likeness (QED) is 0.766. The number of anilines is 2. The van der Waals surface area contributed by atoms with Gasteiger partial charge in [0.2, 0.25) is 5.91 Å². The van der Waals surface area contributed by atoms with E-state index in [-0.39, 0.29) is 5.91 Å². The van der Waals surface area contributed by atoms with Crippen LogP contribution >= 0.6 is 0 Å². The molecule has 0 atom stereocenters. The molecule has 15 heavy (non-hydrogen) atoms. The van der Waals surface area contributed by atoms with Crippen molar-refractivity contribution in [2.75, 3.05) is 17.7 Å². The molecule has 3 heteroatoms. The second-order valence-electron chi connectivity index (χ2n) is 4.20. The first kappa shape index (κ1) is 10.0. The molecule has 0 bridgehead atoms. The molecule has 1 aliphatic carbocycles. The Kier molecular flexibility index (Phi) is 2.62. The van der Waals surface area contributed by atoms with Crippen LogP contribution in [0.3, 0.4) is 0 Å². The van der Waals surface area contributed by atoms with Crippen molar-refractivity contribution < 1.29 is 4.79 Å². The predicted molar refractivity (Wildman–Crippen MR) is 61.6 cm³/mol. The molecule has 1 amide bonds. The highest BCUT2D eigenvalue weighted by Gasteiger charge is 2.26. The van der Waals surface area contributed by atoms with E-state index in [0.29, 0.717) is 18.0 Å². The second kappa shape index (κ2) is 3.93. The van der Waals surface area contributed by atoms with Gasteiger partial charge in [-0.05, 0) is 37.0 Å². The van der Waals surface area contributed by atoms with Gasteiger partial charge in [0.05, 0.1) is 0 Å². The van der Waals surface area contributed by atoms with Crippen LogP contribution < -0.4 is 10.6 Å². The predicted octanol–water partition coefficient (Wildman–Crippen LogP) is 2.03. The zero-order valence-electron chi connectivity index (χ0n) is 8.94. The number of nitrogens with zero attached hydrogens (tertiary/aromatic N) is 1. The third kappa shape index (κ3) is 2.49. The number of carbonyl (C=O) groups excluding carboxylic acids is 1. The Bertz CT molecular complexity index is 372. The number of carbonyl (C=O) groups is 1. The maximum atomic E-state index is 11.8. The Balaban J connectivity index is 2.05. The van der Waals surface area contributed by atoms with Gasteiger partial charge in [0.1, 0.15) is 0 Å². The van der Waals surface area contributed by atoms with E-state index >= 15 is 0 Å². The molecule has 2 rings (SSSR count). The molecular weight excluding hydrogens is 188 g/mol. The van der Waals surface area contributed by atoms with Crippen molar-refractivity contribution >= 4 is 17.3 Å². The first-order valence-electron chi connectivity index (χ1n) is 5.29. The zero-order chi connectivity index (χ0) is 10.8. The van der Waals surface area contributed by atoms with Gasteiger partial charge in [-0.3, -0.25) is 4.79 Å². The molecule has 0 unspecified atom stereocenters. The van der Waals surface area contributed by atoms with E-state index in [4.69, 9.17) is 5.73 Å². The maximum absolute atomic E-state index is 11.8. The van der Waals surface area contributed by atoms with E-state index in [1.54, 1.807) is 11.9 Å². The summed E-state index contributed by atoms with van der Waals surface area (Å²) in [6, 6.07) is 7.42. The largest absolute Gasteiger partial charge is 0.399 e. The molecule has 0 heterocycles. The Hall–Kier alpha value is -1.51. The molecule has 1 aromatic carbocycles. The summed E-state index contributed by atoms with van der Waals surface area (Å²) in [5, 5.41) is 0. The fourth-order valence-electron chi connectivity index (χ4n) is 1.58. The first-order chi connectivity index (χ1) is 7.16. The molecule has 1 aliphatic rings. The molecule has 0 radical (unpaired) electrons. The number of benzene rings is 1. The van der Waals surface area contributed by atoms with E-state index in [1.807, 2.05) is 24.3 Å². The van der Waals surface area contributed by atoms with Crippen molar-refractivity contribution in [3.05, 3.63) is 24.3 Å². The van der Waals surface area contributed by atoms with Gasteiger partial charge in [0.15, 0.2) is 0 Å². The fourth-order valence-corrected chi connectivity index (χ4v) is 1.58. The summed E-state index contributed by atoms with van der Waals surface area (Å²) >= 11 is 0. The van der Waals surface area contributed by atoms with Gasteiger partial charge < -0.3 is 10.6 Å². The van der Waals surface area contributed by atoms with Crippen LogP contribution in [-0.2, 0) is 4.79 Å². The Labute approximate surface area is 89.9 Å². The monoisotopic (exact) mass is 204 g/mol. The van der Waals surface area contributed by atoms with Gasteiger partial charge in [-0.15, -0.1) is 0 Å². The molecule has 1 fully saturated rings. The van der Waals surface area contributed by atoms with Crippen molar-refractivity contribution in [2.45, 2.75) is 19.3 Å². The maximum Gasteiger partial charge on any atom is 0.226 e. The lowest BCUT2D eigenvalue weighted by atomic mass is 10.2. The van der Waals surface area contributed by atoms with Crippen LogP contribution in [-0.4, -0.2) is 13.0 Å². The molecule has 0 aliphatic heterocycles. The summed E-state index contributed by atoms with van der Waals surface area (Å²) < 4.78 is 0. The molecule has 0 saturated heterocycles. The van der Waals surface area contributed by atoms with Crippen molar-refractivity contribution in [1.82, 2.24) is 0 Å². The summed E-state index contributed by atoms with van der Waals surface area (Å²) in [6.45, 7) is 0. The number of amides is 1. The molecule has 80 valence electrons. The highest BCUT2D eigenvalue weighted by atomic mass is 16.2. The summed E-state index contributed by atoms with van der Waals surface area (Å²) in [4.78, 5) is 13.5. The highest BCUT2D eigenvalue weighted by Crippen LogP contribution is 2.33. The summed E-state index contributed by atoms with van der Waals surface area (Å²) in [5.74, 6) is 0.809. The van der Waals surface area contributed by atoms with Gasteiger partial charge >= 0.3 is 0 Å². The van der Waals surface area contributed by atoms with E-state index in [9.17, 15) is 4.79 Å². The Morgan fingerprint density at radius 2 is 2.27 bits per heavy atom. The first-order valence-corrected chi connectivity index (χ1v) is 5.29. The molecule has 3 nitrogen and oxygen atoms in total. The summed E-state index contributed by atoms with van der Waals surface area (Å²) in [5.41, 5.74) is 7.24. The van der Waals surface area contributed by atoms with Gasteiger partial charge in [-0.25, -0.2) is 0 Å². The summed E-state index contributed by atoms with van der Waals surface area (Å²) in [7, 11) is 1.81. The minimum atomic E-state index is 0.183. The van der Waals surface area contributed by atoms with Crippen molar-refractivity contribution in [3.8, 4) is 0 Å². The Morgan fingerprint density at radius 1 is 1.53 bits per heavy atom. The fraction of sp³-hybridized carbons (Fsp3) is 0.417. The van der Waals surface area contributed by atoms with E-state index in [2.05, 4.69) is 0 Å². The molecule has 0 spiro atoms. The van der Waals surface area contributed by atoms with Crippen molar-refractivity contribution in [1.29, 1.82) is 0 Å². The average Bonchev–Trinajstić information content (AvgIpc) is 3.00. The normalized spacial score (nSPS) is 15.0. The van der Waals surface area contributed by atoms with E-state index < -0.39 is 0 Å². The van der Waals surface area contributed by atoms with Crippen molar-refractivity contribution in [3.63, 3.8) is 0 Å². The van der Waals surface area contributed by atoms with E-state index in [0.717, 1.165) is 5.69 Å². The number of rotatable bonds is 3. The number of nitrogen functional groups attached to an aromatic ring is 1. The lowest BCUT2D eigenvalue weighted by Gasteiger charge is -2.17. The minimum Gasteiger partial charge on any atom is -0.399 e. The molecule has 1 aromatic rings. The molecular formula is C12H16N2O. The zero-order valence-corrected chi connectivity index (χ0v) is 8.94. The lowest BCUT2D eigenvalue weighted by molar-refractivity contribution is -0.118. The van der Waals surface area contributed by atoms with Crippen LogP contribution in [0.2, 0.25) is 0 Å². The van der Waals surface area contributed by atoms with E-state index in [1.165, 1.54) is 12.8 Å². The second-order valence-corrected chi connectivity index (χ2v) is 4.20. The minimum absolute atomic E-state index is 0.183. The standard InChI is InChI=1S/C12H16N2O/c1-14(12(15)7-9-5-6-9)11-4-2-3-10(13)8-11/h2-4,8-9H,5-7,13H2,1H3. The number of hydrogen-bond donors (Lipinski definition) is 1. The smallest absolute Gasteiger partial charge is 0.226 e.